The standard InChI is InChI=1S/C21H24FN3O3/c1-28-19-6-5-16(12-18(19)22)21(27)24-17-4-2-3-14(11-17)13-25-9-7-15(8-10-25)20(23)26/h2-6,11-12,15H,7-10,13H2,1H3,(H2,23,26)(H,24,27). The number of amides is 2. The molecule has 0 unspecified atom stereocenters. The molecule has 7 heteroatoms. The second kappa shape index (κ2) is 8.84. The van der Waals surface area contributed by atoms with Gasteiger partial charge in [0.25, 0.3) is 5.91 Å². The summed E-state index contributed by atoms with van der Waals surface area (Å²) in [6.45, 7) is 2.36. The minimum atomic E-state index is -0.580. The number of methoxy groups -OCH3 is 1. The van der Waals surface area contributed by atoms with Crippen molar-refractivity contribution in [3.8, 4) is 5.75 Å². The van der Waals surface area contributed by atoms with E-state index < -0.39 is 5.82 Å². The largest absolute Gasteiger partial charge is 0.494 e. The Morgan fingerprint density at radius 1 is 1.21 bits per heavy atom. The lowest BCUT2D eigenvalue weighted by atomic mass is 9.96. The fourth-order valence-corrected chi connectivity index (χ4v) is 3.39. The zero-order valence-corrected chi connectivity index (χ0v) is 15.8. The van der Waals surface area contributed by atoms with Gasteiger partial charge >= 0.3 is 0 Å². The first-order valence-corrected chi connectivity index (χ1v) is 9.22. The number of anilines is 1. The third-order valence-corrected chi connectivity index (χ3v) is 4.99. The van der Waals surface area contributed by atoms with Crippen molar-refractivity contribution in [2.24, 2.45) is 11.7 Å². The van der Waals surface area contributed by atoms with Crippen LogP contribution in [-0.2, 0) is 11.3 Å². The summed E-state index contributed by atoms with van der Waals surface area (Å²) in [5.74, 6) is -1.13. The van der Waals surface area contributed by atoms with Crippen LogP contribution in [0.4, 0.5) is 10.1 Å². The summed E-state index contributed by atoms with van der Waals surface area (Å²) in [4.78, 5) is 25.9. The first kappa shape index (κ1) is 19.8. The van der Waals surface area contributed by atoms with Gasteiger partial charge in [-0.25, -0.2) is 4.39 Å². The molecule has 3 N–H and O–H groups in total. The highest BCUT2D eigenvalue weighted by atomic mass is 19.1. The van der Waals surface area contributed by atoms with Gasteiger partial charge in [-0.2, -0.15) is 0 Å². The van der Waals surface area contributed by atoms with Gasteiger partial charge in [0.2, 0.25) is 5.91 Å². The number of nitrogens with zero attached hydrogens (tertiary/aromatic N) is 1. The number of rotatable bonds is 6. The van der Waals surface area contributed by atoms with Gasteiger partial charge in [0, 0.05) is 23.7 Å². The molecule has 0 atom stereocenters. The molecule has 1 aliphatic rings. The molecule has 6 nitrogen and oxygen atoms in total. The molecule has 0 radical (unpaired) electrons. The Bertz CT molecular complexity index is 864. The number of piperidine rings is 1. The number of benzene rings is 2. The van der Waals surface area contributed by atoms with Gasteiger partial charge in [-0.3, -0.25) is 14.5 Å². The number of hydrogen-bond donors (Lipinski definition) is 2. The van der Waals surface area contributed by atoms with Crippen molar-refractivity contribution in [1.82, 2.24) is 4.90 Å². The molecule has 2 aromatic rings. The van der Waals surface area contributed by atoms with Crippen molar-refractivity contribution in [2.45, 2.75) is 19.4 Å². The molecular weight excluding hydrogens is 361 g/mol. The zero-order chi connectivity index (χ0) is 20.1. The average molecular weight is 385 g/mol. The van der Waals surface area contributed by atoms with Gasteiger partial charge < -0.3 is 15.8 Å². The number of nitrogens with two attached hydrogens (primary N) is 1. The lowest BCUT2D eigenvalue weighted by Gasteiger charge is -2.30. The first-order valence-electron chi connectivity index (χ1n) is 9.22. The molecule has 2 amide bonds. The number of carbonyl (C=O) groups is 2. The van der Waals surface area contributed by atoms with Crippen molar-refractivity contribution >= 4 is 17.5 Å². The van der Waals surface area contributed by atoms with Gasteiger partial charge in [0.15, 0.2) is 11.6 Å². The quantitative estimate of drug-likeness (QED) is 0.801. The van der Waals surface area contributed by atoms with Crippen LogP contribution in [0.15, 0.2) is 42.5 Å². The summed E-state index contributed by atoms with van der Waals surface area (Å²) in [5.41, 5.74) is 7.29. The first-order chi connectivity index (χ1) is 13.5. The van der Waals surface area contributed by atoms with Crippen LogP contribution in [0, 0.1) is 11.7 Å². The van der Waals surface area contributed by atoms with Crippen LogP contribution in [0.1, 0.15) is 28.8 Å². The summed E-state index contributed by atoms with van der Waals surface area (Å²) in [6.07, 6.45) is 1.55. The summed E-state index contributed by atoms with van der Waals surface area (Å²) < 4.78 is 18.7. The Labute approximate surface area is 163 Å². The molecule has 0 saturated carbocycles. The number of ether oxygens (including phenoxy) is 1. The van der Waals surface area contributed by atoms with E-state index in [2.05, 4.69) is 10.2 Å². The van der Waals surface area contributed by atoms with Crippen molar-refractivity contribution in [1.29, 1.82) is 0 Å². The van der Waals surface area contributed by atoms with Crippen LogP contribution in [0.3, 0.4) is 0 Å². The number of primary amides is 1. The summed E-state index contributed by atoms with van der Waals surface area (Å²) in [7, 11) is 1.38. The van der Waals surface area contributed by atoms with Crippen molar-refractivity contribution in [3.63, 3.8) is 0 Å². The Hall–Kier alpha value is -2.93. The molecule has 28 heavy (non-hydrogen) atoms. The smallest absolute Gasteiger partial charge is 0.255 e. The van der Waals surface area contributed by atoms with E-state index in [1.54, 1.807) is 6.07 Å². The van der Waals surface area contributed by atoms with E-state index in [0.29, 0.717) is 5.69 Å². The third kappa shape index (κ3) is 4.86. The minimum Gasteiger partial charge on any atom is -0.494 e. The average Bonchev–Trinajstić information content (AvgIpc) is 2.68. The number of carbonyl (C=O) groups excluding carboxylic acids is 2. The van der Waals surface area contributed by atoms with Gasteiger partial charge in [0.05, 0.1) is 7.11 Å². The zero-order valence-electron chi connectivity index (χ0n) is 15.8. The van der Waals surface area contributed by atoms with E-state index in [9.17, 15) is 14.0 Å². The SMILES string of the molecule is COc1ccc(C(=O)Nc2cccc(CN3CCC(C(N)=O)CC3)c2)cc1F. The molecule has 0 bridgehead atoms. The molecule has 1 saturated heterocycles. The van der Waals surface area contributed by atoms with Crippen molar-refractivity contribution < 1.29 is 18.7 Å². The topological polar surface area (TPSA) is 84.7 Å². The van der Waals surface area contributed by atoms with E-state index in [-0.39, 0.29) is 29.0 Å². The fraction of sp³-hybridized carbons (Fsp3) is 0.333. The van der Waals surface area contributed by atoms with Crippen LogP contribution in [0.5, 0.6) is 5.75 Å². The van der Waals surface area contributed by atoms with Gasteiger partial charge in [0.1, 0.15) is 0 Å². The number of halogens is 1. The van der Waals surface area contributed by atoms with Gasteiger partial charge in [-0.15, -0.1) is 0 Å². The third-order valence-electron chi connectivity index (χ3n) is 4.99. The Kier molecular flexibility index (Phi) is 6.26. The molecule has 1 fully saturated rings. The van der Waals surface area contributed by atoms with Crippen LogP contribution in [0.2, 0.25) is 0 Å². The van der Waals surface area contributed by atoms with E-state index in [1.807, 2.05) is 18.2 Å². The molecule has 0 aromatic heterocycles. The summed E-state index contributed by atoms with van der Waals surface area (Å²) in [5, 5.41) is 2.80. The molecule has 1 aliphatic heterocycles. The predicted octanol–water partition coefficient (Wildman–Crippen LogP) is 2.78. The highest BCUT2D eigenvalue weighted by Gasteiger charge is 2.23. The predicted molar refractivity (Wildman–Crippen MR) is 105 cm³/mol. The Morgan fingerprint density at radius 2 is 1.96 bits per heavy atom. The minimum absolute atomic E-state index is 0.0354. The highest BCUT2D eigenvalue weighted by Crippen LogP contribution is 2.21. The summed E-state index contributed by atoms with van der Waals surface area (Å²) in [6, 6.07) is 11.7. The van der Waals surface area contributed by atoms with Crippen LogP contribution >= 0.6 is 0 Å². The van der Waals surface area contributed by atoms with Crippen molar-refractivity contribution in [2.75, 3.05) is 25.5 Å². The van der Waals surface area contributed by atoms with Crippen LogP contribution in [0.25, 0.3) is 0 Å². The second-order valence-corrected chi connectivity index (χ2v) is 6.96. The molecule has 2 aromatic carbocycles. The normalized spacial score (nSPS) is 15.2. The van der Waals surface area contributed by atoms with Crippen LogP contribution < -0.4 is 15.8 Å². The van der Waals surface area contributed by atoms with E-state index in [1.165, 1.54) is 19.2 Å². The van der Waals surface area contributed by atoms with E-state index in [0.717, 1.165) is 44.1 Å². The fourth-order valence-electron chi connectivity index (χ4n) is 3.39. The van der Waals surface area contributed by atoms with Gasteiger partial charge in [-0.1, -0.05) is 12.1 Å². The molecule has 0 aliphatic carbocycles. The van der Waals surface area contributed by atoms with Crippen molar-refractivity contribution in [3.05, 3.63) is 59.4 Å². The maximum absolute atomic E-state index is 13.8. The van der Waals surface area contributed by atoms with E-state index >= 15 is 0 Å². The monoisotopic (exact) mass is 385 g/mol. The highest BCUT2D eigenvalue weighted by molar-refractivity contribution is 6.04. The lowest BCUT2D eigenvalue weighted by Crippen LogP contribution is -2.38. The molecule has 3 rings (SSSR count). The lowest BCUT2D eigenvalue weighted by molar-refractivity contribution is -0.123. The number of nitrogens with one attached hydrogen (secondary N) is 1. The Balaban J connectivity index is 1.61. The second-order valence-electron chi connectivity index (χ2n) is 6.96. The van der Waals surface area contributed by atoms with Gasteiger partial charge in [-0.05, 0) is 61.8 Å². The Morgan fingerprint density at radius 3 is 2.61 bits per heavy atom. The molecule has 0 spiro atoms. The summed E-state index contributed by atoms with van der Waals surface area (Å²) >= 11 is 0. The molecule has 148 valence electrons. The molecular formula is C21H24FN3O3. The maximum atomic E-state index is 13.8. The molecule has 1 heterocycles. The van der Waals surface area contributed by atoms with Crippen LogP contribution in [-0.4, -0.2) is 36.9 Å². The number of likely N-dealkylation sites (tertiary alicyclic amines) is 1. The number of hydrogen-bond acceptors (Lipinski definition) is 4. The maximum Gasteiger partial charge on any atom is 0.255 e. The van der Waals surface area contributed by atoms with E-state index in [4.69, 9.17) is 10.5 Å².